The van der Waals surface area contributed by atoms with E-state index in [-0.39, 0.29) is 0 Å². The van der Waals surface area contributed by atoms with Gasteiger partial charge in [0.15, 0.2) is 0 Å². The molecule has 3 rings (SSSR count). The molecule has 0 saturated carbocycles. The zero-order chi connectivity index (χ0) is 12.4. The Morgan fingerprint density at radius 3 is 2.78 bits per heavy atom. The number of nitrogens with zero attached hydrogens (tertiary/aromatic N) is 1. The number of thiazole rings is 1. The molecule has 3 aromatic rings. The first kappa shape index (κ1) is 11.3. The average molecular weight is 277 g/mol. The van der Waals surface area contributed by atoms with Gasteiger partial charge in [-0.3, -0.25) is 0 Å². The van der Waals surface area contributed by atoms with Crippen LogP contribution in [0.1, 0.15) is 0 Å². The van der Waals surface area contributed by atoms with E-state index in [1.165, 1.54) is 11.3 Å². The number of nitrogens with one attached hydrogen (secondary N) is 1. The van der Waals surface area contributed by atoms with Crippen LogP contribution in [0.4, 0.5) is 5.69 Å². The smallest absolute Gasteiger partial charge is 0.303 e. The van der Waals surface area contributed by atoms with Gasteiger partial charge in [-0.1, -0.05) is 41.1 Å². The van der Waals surface area contributed by atoms with E-state index < -0.39 is 0 Å². The quantitative estimate of drug-likeness (QED) is 0.722. The maximum atomic E-state index is 5.92. The SMILES string of the molecule is Clc1ccc2nc(ONc3ccccc3)sc2c1. The monoisotopic (exact) mass is 276 g/mol. The van der Waals surface area contributed by atoms with Crippen LogP contribution in [0.3, 0.4) is 0 Å². The Labute approximate surface area is 113 Å². The third kappa shape index (κ3) is 2.39. The van der Waals surface area contributed by atoms with Gasteiger partial charge in [0.05, 0.1) is 15.9 Å². The van der Waals surface area contributed by atoms with Crippen LogP contribution in [-0.4, -0.2) is 4.98 Å². The highest BCUT2D eigenvalue weighted by molar-refractivity contribution is 7.20. The maximum absolute atomic E-state index is 5.92. The lowest BCUT2D eigenvalue weighted by molar-refractivity contribution is 0.403. The van der Waals surface area contributed by atoms with Crippen molar-refractivity contribution in [2.75, 3.05) is 5.48 Å². The largest absolute Gasteiger partial charge is 0.350 e. The lowest BCUT2D eigenvalue weighted by atomic mass is 10.3. The molecule has 0 amide bonds. The molecule has 1 N–H and O–H groups in total. The van der Waals surface area contributed by atoms with Crippen molar-refractivity contribution in [3.8, 4) is 5.19 Å². The molecule has 0 aliphatic heterocycles. The molecule has 3 nitrogen and oxygen atoms in total. The maximum Gasteiger partial charge on any atom is 0.303 e. The zero-order valence-corrected chi connectivity index (χ0v) is 10.8. The molecule has 0 atom stereocenters. The van der Waals surface area contributed by atoms with Crippen molar-refractivity contribution in [3.63, 3.8) is 0 Å². The van der Waals surface area contributed by atoms with Crippen LogP contribution in [0.5, 0.6) is 5.19 Å². The van der Waals surface area contributed by atoms with Gasteiger partial charge in [-0.2, -0.15) is 0 Å². The Balaban J connectivity index is 1.79. The molecule has 1 heterocycles. The minimum atomic E-state index is 0.566. The molecule has 0 radical (unpaired) electrons. The zero-order valence-electron chi connectivity index (χ0n) is 9.26. The Kier molecular flexibility index (Phi) is 3.04. The van der Waals surface area contributed by atoms with E-state index in [4.69, 9.17) is 16.4 Å². The molecule has 18 heavy (non-hydrogen) atoms. The summed E-state index contributed by atoms with van der Waals surface area (Å²) in [6.45, 7) is 0. The van der Waals surface area contributed by atoms with E-state index in [0.717, 1.165) is 15.9 Å². The summed E-state index contributed by atoms with van der Waals surface area (Å²) in [5.74, 6) is 0. The number of fused-ring (bicyclic) bond motifs is 1. The summed E-state index contributed by atoms with van der Waals surface area (Å²) in [6, 6.07) is 15.2. The number of hydrogen-bond donors (Lipinski definition) is 1. The summed E-state index contributed by atoms with van der Waals surface area (Å²) >= 11 is 7.37. The van der Waals surface area contributed by atoms with Crippen LogP contribution in [0, 0.1) is 0 Å². The highest BCUT2D eigenvalue weighted by Crippen LogP contribution is 2.29. The second kappa shape index (κ2) is 4.84. The Morgan fingerprint density at radius 1 is 1.11 bits per heavy atom. The fourth-order valence-corrected chi connectivity index (χ4v) is 2.59. The second-order valence-electron chi connectivity index (χ2n) is 3.66. The molecular weight excluding hydrogens is 268 g/mol. The fraction of sp³-hybridized carbons (Fsp3) is 0. The van der Waals surface area contributed by atoms with Gasteiger partial charge in [0.25, 0.3) is 0 Å². The molecule has 0 bridgehead atoms. The minimum Gasteiger partial charge on any atom is -0.350 e. The number of rotatable bonds is 3. The van der Waals surface area contributed by atoms with E-state index in [0.29, 0.717) is 10.2 Å². The molecule has 0 aliphatic rings. The van der Waals surface area contributed by atoms with Crippen LogP contribution in [0.2, 0.25) is 5.02 Å². The lowest BCUT2D eigenvalue weighted by Gasteiger charge is -2.03. The van der Waals surface area contributed by atoms with Gasteiger partial charge >= 0.3 is 5.19 Å². The van der Waals surface area contributed by atoms with Gasteiger partial charge in [-0.15, -0.1) is 0 Å². The standard InChI is InChI=1S/C13H9ClN2OS/c14-9-6-7-11-12(8-9)18-13(15-11)17-16-10-4-2-1-3-5-10/h1-8,16H. The van der Waals surface area contributed by atoms with E-state index in [1.54, 1.807) is 0 Å². The van der Waals surface area contributed by atoms with Gasteiger partial charge < -0.3 is 4.84 Å². The van der Waals surface area contributed by atoms with Crippen LogP contribution in [0.25, 0.3) is 10.2 Å². The first-order chi connectivity index (χ1) is 8.81. The van der Waals surface area contributed by atoms with Crippen molar-refractivity contribution in [3.05, 3.63) is 53.6 Å². The summed E-state index contributed by atoms with van der Waals surface area (Å²) in [5.41, 5.74) is 4.62. The van der Waals surface area contributed by atoms with Crippen molar-refractivity contribution in [2.45, 2.75) is 0 Å². The van der Waals surface area contributed by atoms with E-state index in [1.807, 2.05) is 48.5 Å². The molecular formula is C13H9ClN2OS. The number of anilines is 1. The van der Waals surface area contributed by atoms with Crippen molar-refractivity contribution in [1.82, 2.24) is 4.98 Å². The van der Waals surface area contributed by atoms with Crippen LogP contribution in [-0.2, 0) is 0 Å². The Morgan fingerprint density at radius 2 is 1.94 bits per heavy atom. The third-order valence-corrected chi connectivity index (χ3v) is 3.49. The van der Waals surface area contributed by atoms with Gasteiger partial charge in [-0.25, -0.2) is 10.5 Å². The Hall–Kier alpha value is -1.78. The summed E-state index contributed by atoms with van der Waals surface area (Å²) in [4.78, 5) is 9.78. The van der Waals surface area contributed by atoms with E-state index in [2.05, 4.69) is 10.5 Å². The number of aromatic nitrogens is 1. The topological polar surface area (TPSA) is 34.1 Å². The van der Waals surface area contributed by atoms with Crippen LogP contribution < -0.4 is 10.3 Å². The van der Waals surface area contributed by atoms with Crippen LogP contribution >= 0.6 is 22.9 Å². The molecule has 0 fully saturated rings. The molecule has 5 heteroatoms. The first-order valence-corrected chi connectivity index (χ1v) is 6.55. The van der Waals surface area contributed by atoms with Crippen LogP contribution in [0.15, 0.2) is 48.5 Å². The minimum absolute atomic E-state index is 0.566. The second-order valence-corrected chi connectivity index (χ2v) is 5.09. The van der Waals surface area contributed by atoms with Crippen molar-refractivity contribution >= 4 is 38.8 Å². The van der Waals surface area contributed by atoms with Gasteiger partial charge in [-0.05, 0) is 30.3 Å². The molecule has 90 valence electrons. The Bertz CT molecular complexity index is 669. The lowest BCUT2D eigenvalue weighted by Crippen LogP contribution is -2.03. The molecule has 0 saturated heterocycles. The van der Waals surface area contributed by atoms with Crippen molar-refractivity contribution in [1.29, 1.82) is 0 Å². The molecule has 0 aliphatic carbocycles. The number of halogens is 1. The number of hydrogen-bond acceptors (Lipinski definition) is 4. The number of benzene rings is 2. The number of para-hydroxylation sites is 1. The predicted octanol–water partition coefficient (Wildman–Crippen LogP) is 4.36. The van der Waals surface area contributed by atoms with Crippen molar-refractivity contribution in [2.24, 2.45) is 0 Å². The fourth-order valence-electron chi connectivity index (χ4n) is 1.53. The van der Waals surface area contributed by atoms with Gasteiger partial charge in [0.2, 0.25) is 0 Å². The van der Waals surface area contributed by atoms with E-state index >= 15 is 0 Å². The third-order valence-electron chi connectivity index (χ3n) is 2.36. The van der Waals surface area contributed by atoms with Crippen molar-refractivity contribution < 1.29 is 4.84 Å². The first-order valence-electron chi connectivity index (χ1n) is 5.35. The summed E-state index contributed by atoms with van der Waals surface area (Å²) in [6.07, 6.45) is 0. The van der Waals surface area contributed by atoms with Gasteiger partial charge in [0, 0.05) is 5.02 Å². The molecule has 0 unspecified atom stereocenters. The summed E-state index contributed by atoms with van der Waals surface area (Å²) in [7, 11) is 0. The average Bonchev–Trinajstić information content (AvgIpc) is 2.79. The van der Waals surface area contributed by atoms with Gasteiger partial charge in [0.1, 0.15) is 0 Å². The summed E-state index contributed by atoms with van der Waals surface area (Å²) < 4.78 is 1.01. The highest BCUT2D eigenvalue weighted by Gasteiger charge is 2.05. The molecule has 0 spiro atoms. The highest BCUT2D eigenvalue weighted by atomic mass is 35.5. The van der Waals surface area contributed by atoms with E-state index in [9.17, 15) is 0 Å². The molecule has 2 aromatic carbocycles. The summed E-state index contributed by atoms with van der Waals surface area (Å²) in [5, 5.41) is 1.27. The molecule has 1 aromatic heterocycles. The predicted molar refractivity (Wildman–Crippen MR) is 75.3 cm³/mol. The normalized spacial score (nSPS) is 10.5.